The van der Waals surface area contributed by atoms with Crippen LogP contribution in [0.2, 0.25) is 0 Å². The number of carbonyl (C=O) groups excluding carboxylic acids is 3. The van der Waals surface area contributed by atoms with Crippen molar-refractivity contribution in [1.82, 2.24) is 5.32 Å². The van der Waals surface area contributed by atoms with Crippen molar-refractivity contribution in [3.8, 4) is 0 Å². The van der Waals surface area contributed by atoms with Crippen molar-refractivity contribution in [1.29, 1.82) is 0 Å². The molecular weight excluding hydrogens is 270 g/mol. The predicted octanol–water partition coefficient (Wildman–Crippen LogP) is 0.668. The maximum atomic E-state index is 12.2. The van der Waals surface area contributed by atoms with Crippen molar-refractivity contribution in [3.05, 3.63) is 29.8 Å². The Morgan fingerprint density at radius 3 is 2.48 bits per heavy atom. The van der Waals surface area contributed by atoms with E-state index in [1.807, 2.05) is 12.1 Å². The molecule has 1 aliphatic heterocycles. The summed E-state index contributed by atoms with van der Waals surface area (Å²) in [5.74, 6) is -0.634. The SMILES string of the molecule is CC(=O)Nc1ccc(C2(CCC(N)=O)CCNC2=O)cc1. The molecule has 2 rings (SSSR count). The van der Waals surface area contributed by atoms with Crippen molar-refractivity contribution in [2.45, 2.75) is 31.6 Å². The molecule has 1 unspecified atom stereocenters. The first-order chi connectivity index (χ1) is 9.94. The van der Waals surface area contributed by atoms with Crippen LogP contribution in [0.25, 0.3) is 0 Å². The maximum absolute atomic E-state index is 12.2. The summed E-state index contributed by atoms with van der Waals surface area (Å²) >= 11 is 0. The highest BCUT2D eigenvalue weighted by Gasteiger charge is 2.43. The zero-order valence-corrected chi connectivity index (χ0v) is 11.9. The minimum absolute atomic E-state index is 0.0731. The van der Waals surface area contributed by atoms with Crippen LogP contribution >= 0.6 is 0 Å². The maximum Gasteiger partial charge on any atom is 0.230 e. The number of nitrogens with one attached hydrogen (secondary N) is 2. The van der Waals surface area contributed by atoms with Crippen LogP contribution in [0.4, 0.5) is 5.69 Å². The van der Waals surface area contributed by atoms with E-state index in [2.05, 4.69) is 10.6 Å². The van der Waals surface area contributed by atoms with Crippen LogP contribution in [0, 0.1) is 0 Å². The highest BCUT2D eigenvalue weighted by molar-refractivity contribution is 5.92. The Morgan fingerprint density at radius 2 is 2.00 bits per heavy atom. The lowest BCUT2D eigenvalue weighted by molar-refractivity contribution is -0.124. The Kier molecular flexibility index (Phi) is 4.26. The zero-order chi connectivity index (χ0) is 15.5. The van der Waals surface area contributed by atoms with Gasteiger partial charge < -0.3 is 16.4 Å². The molecule has 6 nitrogen and oxygen atoms in total. The first-order valence-electron chi connectivity index (χ1n) is 6.89. The fourth-order valence-electron chi connectivity index (χ4n) is 2.74. The fourth-order valence-corrected chi connectivity index (χ4v) is 2.74. The number of carbonyl (C=O) groups is 3. The molecule has 4 N–H and O–H groups in total. The van der Waals surface area contributed by atoms with Gasteiger partial charge in [0.1, 0.15) is 0 Å². The van der Waals surface area contributed by atoms with E-state index in [-0.39, 0.29) is 18.2 Å². The van der Waals surface area contributed by atoms with Crippen LogP contribution in [0.5, 0.6) is 0 Å². The van der Waals surface area contributed by atoms with Gasteiger partial charge in [-0.3, -0.25) is 14.4 Å². The average Bonchev–Trinajstić information content (AvgIpc) is 2.79. The molecule has 1 aromatic rings. The molecule has 0 saturated carbocycles. The van der Waals surface area contributed by atoms with Crippen LogP contribution in [0.1, 0.15) is 31.7 Å². The molecule has 0 aromatic heterocycles. The number of rotatable bonds is 5. The van der Waals surface area contributed by atoms with Crippen molar-refractivity contribution >= 4 is 23.4 Å². The van der Waals surface area contributed by atoms with Gasteiger partial charge in [-0.2, -0.15) is 0 Å². The van der Waals surface area contributed by atoms with E-state index < -0.39 is 11.3 Å². The second kappa shape index (κ2) is 5.95. The first kappa shape index (κ1) is 15.0. The Labute approximate surface area is 123 Å². The number of primary amides is 1. The van der Waals surface area contributed by atoms with Crippen molar-refractivity contribution in [2.75, 3.05) is 11.9 Å². The molecule has 1 aliphatic rings. The van der Waals surface area contributed by atoms with Crippen molar-refractivity contribution < 1.29 is 14.4 Å². The summed E-state index contributed by atoms with van der Waals surface area (Å²) in [6, 6.07) is 7.15. The molecule has 1 fully saturated rings. The quantitative estimate of drug-likeness (QED) is 0.742. The largest absolute Gasteiger partial charge is 0.370 e. The molecule has 0 radical (unpaired) electrons. The van der Waals surface area contributed by atoms with Gasteiger partial charge in [-0.15, -0.1) is 0 Å². The van der Waals surface area contributed by atoms with Crippen LogP contribution in [-0.4, -0.2) is 24.3 Å². The summed E-state index contributed by atoms with van der Waals surface area (Å²) in [6.45, 7) is 2.03. The number of amides is 3. The van der Waals surface area contributed by atoms with E-state index >= 15 is 0 Å². The second-order valence-electron chi connectivity index (χ2n) is 5.31. The van der Waals surface area contributed by atoms with Gasteiger partial charge in [0.15, 0.2) is 0 Å². The van der Waals surface area contributed by atoms with Gasteiger partial charge in [0, 0.05) is 25.6 Å². The molecular formula is C15H19N3O3. The number of nitrogens with two attached hydrogens (primary N) is 1. The number of hydrogen-bond acceptors (Lipinski definition) is 3. The molecule has 1 atom stereocenters. The normalized spacial score (nSPS) is 20.9. The van der Waals surface area contributed by atoms with E-state index in [4.69, 9.17) is 5.73 Å². The third-order valence-electron chi connectivity index (χ3n) is 3.83. The van der Waals surface area contributed by atoms with E-state index in [1.54, 1.807) is 12.1 Å². The monoisotopic (exact) mass is 289 g/mol. The van der Waals surface area contributed by atoms with Gasteiger partial charge in [0.2, 0.25) is 17.7 Å². The van der Waals surface area contributed by atoms with Crippen LogP contribution in [-0.2, 0) is 19.8 Å². The third kappa shape index (κ3) is 3.21. The molecule has 0 spiro atoms. The second-order valence-corrected chi connectivity index (χ2v) is 5.31. The third-order valence-corrected chi connectivity index (χ3v) is 3.83. The number of benzene rings is 1. The number of hydrogen-bond donors (Lipinski definition) is 3. The summed E-state index contributed by atoms with van der Waals surface area (Å²) in [5, 5.41) is 5.50. The molecule has 21 heavy (non-hydrogen) atoms. The Bertz CT molecular complexity index is 568. The van der Waals surface area contributed by atoms with Crippen LogP contribution in [0.3, 0.4) is 0 Å². The molecule has 0 aliphatic carbocycles. The van der Waals surface area contributed by atoms with Gasteiger partial charge in [-0.05, 0) is 30.5 Å². The van der Waals surface area contributed by atoms with Gasteiger partial charge in [0.25, 0.3) is 0 Å². The zero-order valence-electron chi connectivity index (χ0n) is 11.9. The highest BCUT2D eigenvalue weighted by Crippen LogP contribution is 2.36. The molecule has 6 heteroatoms. The average molecular weight is 289 g/mol. The molecule has 0 bridgehead atoms. The van der Waals surface area contributed by atoms with E-state index in [0.29, 0.717) is 25.1 Å². The minimum Gasteiger partial charge on any atom is -0.370 e. The smallest absolute Gasteiger partial charge is 0.230 e. The molecule has 1 heterocycles. The summed E-state index contributed by atoms with van der Waals surface area (Å²) in [7, 11) is 0. The molecule has 112 valence electrons. The lowest BCUT2D eigenvalue weighted by atomic mass is 9.75. The number of anilines is 1. The summed E-state index contributed by atoms with van der Waals surface area (Å²) < 4.78 is 0. The fraction of sp³-hybridized carbons (Fsp3) is 0.400. The lowest BCUT2D eigenvalue weighted by Gasteiger charge is -2.26. The topological polar surface area (TPSA) is 101 Å². The van der Waals surface area contributed by atoms with Gasteiger partial charge >= 0.3 is 0 Å². The minimum atomic E-state index is -0.705. The Balaban J connectivity index is 2.26. The Hall–Kier alpha value is -2.37. The molecule has 3 amide bonds. The van der Waals surface area contributed by atoms with E-state index in [0.717, 1.165) is 5.56 Å². The highest BCUT2D eigenvalue weighted by atomic mass is 16.2. The van der Waals surface area contributed by atoms with Gasteiger partial charge in [-0.25, -0.2) is 0 Å². The van der Waals surface area contributed by atoms with Crippen LogP contribution < -0.4 is 16.4 Å². The first-order valence-corrected chi connectivity index (χ1v) is 6.89. The summed E-state index contributed by atoms with van der Waals surface area (Å²) in [4.78, 5) is 34.3. The van der Waals surface area contributed by atoms with Crippen LogP contribution in [0.15, 0.2) is 24.3 Å². The van der Waals surface area contributed by atoms with Gasteiger partial charge in [0.05, 0.1) is 5.41 Å². The van der Waals surface area contributed by atoms with Crippen molar-refractivity contribution in [2.24, 2.45) is 5.73 Å². The van der Waals surface area contributed by atoms with Crippen molar-refractivity contribution in [3.63, 3.8) is 0 Å². The summed E-state index contributed by atoms with van der Waals surface area (Å²) in [5.41, 5.74) is 6.03. The summed E-state index contributed by atoms with van der Waals surface area (Å²) in [6.07, 6.45) is 1.20. The van der Waals surface area contributed by atoms with E-state index in [1.165, 1.54) is 6.92 Å². The van der Waals surface area contributed by atoms with Gasteiger partial charge in [-0.1, -0.05) is 12.1 Å². The Morgan fingerprint density at radius 1 is 1.33 bits per heavy atom. The molecule has 1 saturated heterocycles. The van der Waals surface area contributed by atoms with E-state index in [9.17, 15) is 14.4 Å². The lowest BCUT2D eigenvalue weighted by Crippen LogP contribution is -2.36. The molecule has 1 aromatic carbocycles. The standard InChI is InChI=1S/C15H19N3O3/c1-10(19)18-12-4-2-11(3-5-12)15(7-6-13(16)20)8-9-17-14(15)21/h2-5H,6-9H2,1H3,(H2,16,20)(H,17,21)(H,18,19). The predicted molar refractivity (Wildman–Crippen MR) is 78.5 cm³/mol.